The first kappa shape index (κ1) is 17.3. The van der Waals surface area contributed by atoms with Gasteiger partial charge in [-0.15, -0.1) is 10.2 Å². The second-order valence-corrected chi connectivity index (χ2v) is 7.00. The molecule has 27 heavy (non-hydrogen) atoms. The van der Waals surface area contributed by atoms with Crippen molar-refractivity contribution in [1.29, 1.82) is 0 Å². The number of nitrogens with zero attached hydrogens (tertiary/aromatic N) is 3. The molecule has 1 aliphatic heterocycles. The van der Waals surface area contributed by atoms with Gasteiger partial charge in [0.15, 0.2) is 34.6 Å². The maximum atomic E-state index is 14.1. The normalized spacial score (nSPS) is 21.3. The third kappa shape index (κ3) is 2.68. The summed E-state index contributed by atoms with van der Waals surface area (Å²) in [5.74, 6) is -0.822. The Balaban J connectivity index is 1.77. The van der Waals surface area contributed by atoms with Crippen molar-refractivity contribution in [3.05, 3.63) is 53.9 Å². The topological polar surface area (TPSA) is 92.0 Å². The first-order valence-corrected chi connectivity index (χ1v) is 8.54. The predicted molar refractivity (Wildman–Crippen MR) is 97.9 cm³/mol. The third-order valence-electron chi connectivity index (χ3n) is 4.89. The Morgan fingerprint density at radius 3 is 2.48 bits per heavy atom. The van der Waals surface area contributed by atoms with Crippen LogP contribution in [0.15, 0.2) is 36.4 Å². The summed E-state index contributed by atoms with van der Waals surface area (Å²) in [6.07, 6.45) is 0.489. The number of benzene rings is 2. The molecule has 0 saturated carbocycles. The van der Waals surface area contributed by atoms with Gasteiger partial charge < -0.3 is 20.8 Å². The van der Waals surface area contributed by atoms with Gasteiger partial charge in [0.05, 0.1) is 11.4 Å². The van der Waals surface area contributed by atoms with Crippen molar-refractivity contribution in [3.63, 3.8) is 0 Å². The van der Waals surface area contributed by atoms with E-state index < -0.39 is 23.0 Å². The highest BCUT2D eigenvalue weighted by atomic mass is 19.1. The fourth-order valence-electron chi connectivity index (χ4n) is 3.62. The quantitative estimate of drug-likeness (QED) is 0.686. The standard InChI is InChI=1S/C19H19F2N5O/c1-10-9-19(2,27-16-12(20)4-3-5-13(16)21)18-25-24-17(26(10)18)11-6-7-14(22)15(23)8-11/h3-8,10H,9,22-23H2,1-2H3. The van der Waals surface area contributed by atoms with Crippen LogP contribution in [0, 0.1) is 11.6 Å². The van der Waals surface area contributed by atoms with Crippen molar-refractivity contribution in [2.24, 2.45) is 0 Å². The van der Waals surface area contributed by atoms with E-state index in [2.05, 4.69) is 10.2 Å². The molecule has 2 aromatic carbocycles. The highest BCUT2D eigenvalue weighted by molar-refractivity contribution is 5.72. The molecule has 2 heterocycles. The van der Waals surface area contributed by atoms with Crippen LogP contribution in [0.5, 0.6) is 5.75 Å². The highest BCUT2D eigenvalue weighted by Gasteiger charge is 2.45. The van der Waals surface area contributed by atoms with Gasteiger partial charge in [-0.25, -0.2) is 8.78 Å². The summed E-state index contributed by atoms with van der Waals surface area (Å²) in [6.45, 7) is 3.73. The Morgan fingerprint density at radius 2 is 1.81 bits per heavy atom. The molecule has 1 aliphatic rings. The predicted octanol–water partition coefficient (Wildman–Crippen LogP) is 3.65. The molecule has 8 heteroatoms. The number of halogens is 2. The van der Waals surface area contributed by atoms with E-state index >= 15 is 0 Å². The van der Waals surface area contributed by atoms with Crippen LogP contribution in [0.2, 0.25) is 0 Å². The van der Waals surface area contributed by atoms with Gasteiger partial charge in [-0.2, -0.15) is 0 Å². The number of hydrogen-bond donors (Lipinski definition) is 2. The number of ether oxygens (including phenoxy) is 1. The minimum atomic E-state index is -1.02. The lowest BCUT2D eigenvalue weighted by Crippen LogP contribution is -2.28. The number of hydrogen-bond acceptors (Lipinski definition) is 5. The minimum absolute atomic E-state index is 0.0383. The molecule has 6 nitrogen and oxygen atoms in total. The number of nitrogen functional groups attached to an aromatic ring is 2. The lowest BCUT2D eigenvalue weighted by atomic mass is 10.0. The molecule has 0 fully saturated rings. The Bertz CT molecular complexity index is 1010. The zero-order valence-electron chi connectivity index (χ0n) is 14.9. The van der Waals surface area contributed by atoms with Gasteiger partial charge in [0, 0.05) is 18.0 Å². The van der Waals surface area contributed by atoms with Crippen molar-refractivity contribution in [3.8, 4) is 17.1 Å². The van der Waals surface area contributed by atoms with Gasteiger partial charge in [0.2, 0.25) is 0 Å². The molecule has 0 spiro atoms. The van der Waals surface area contributed by atoms with Gasteiger partial charge in [-0.1, -0.05) is 6.07 Å². The molecule has 4 rings (SSSR count). The summed E-state index contributed by atoms with van der Waals surface area (Å²) in [6, 6.07) is 8.82. The van der Waals surface area contributed by atoms with E-state index in [1.807, 2.05) is 17.6 Å². The molecule has 0 saturated heterocycles. The number of para-hydroxylation sites is 1. The zero-order chi connectivity index (χ0) is 19.3. The summed E-state index contributed by atoms with van der Waals surface area (Å²) in [5.41, 5.74) is 12.4. The van der Waals surface area contributed by atoms with Crippen molar-refractivity contribution in [2.45, 2.75) is 31.9 Å². The molecule has 0 radical (unpaired) electrons. The first-order valence-electron chi connectivity index (χ1n) is 8.54. The molecule has 1 aromatic heterocycles. The molecular weight excluding hydrogens is 352 g/mol. The molecule has 4 N–H and O–H groups in total. The van der Waals surface area contributed by atoms with Crippen LogP contribution >= 0.6 is 0 Å². The molecular formula is C19H19F2N5O. The molecule has 140 valence electrons. The van der Waals surface area contributed by atoms with E-state index in [1.54, 1.807) is 19.1 Å². The molecule has 0 aliphatic carbocycles. The molecule has 0 amide bonds. The van der Waals surface area contributed by atoms with E-state index in [0.717, 1.165) is 17.7 Å². The molecule has 2 unspecified atom stereocenters. The minimum Gasteiger partial charge on any atom is -0.473 e. The summed E-state index contributed by atoms with van der Waals surface area (Å²) in [4.78, 5) is 0. The lowest BCUT2D eigenvalue weighted by molar-refractivity contribution is 0.0692. The summed E-state index contributed by atoms with van der Waals surface area (Å²) >= 11 is 0. The SMILES string of the molecule is CC1CC(C)(Oc2c(F)cccc2F)c2nnc(-c3ccc(N)c(N)c3)n21. The molecule has 0 bridgehead atoms. The van der Waals surface area contributed by atoms with Crippen LogP contribution in [-0.2, 0) is 5.60 Å². The van der Waals surface area contributed by atoms with Gasteiger partial charge in [-0.3, -0.25) is 0 Å². The third-order valence-corrected chi connectivity index (χ3v) is 4.89. The van der Waals surface area contributed by atoms with E-state index in [4.69, 9.17) is 16.2 Å². The Labute approximate surface area is 154 Å². The second kappa shape index (κ2) is 5.94. The van der Waals surface area contributed by atoms with Crippen LogP contribution in [0.3, 0.4) is 0 Å². The van der Waals surface area contributed by atoms with E-state index in [-0.39, 0.29) is 6.04 Å². The molecule has 2 atom stereocenters. The maximum Gasteiger partial charge on any atom is 0.192 e. The van der Waals surface area contributed by atoms with Crippen LogP contribution < -0.4 is 16.2 Å². The second-order valence-electron chi connectivity index (χ2n) is 7.00. The fourth-order valence-corrected chi connectivity index (χ4v) is 3.62. The lowest BCUT2D eigenvalue weighted by Gasteiger charge is -2.24. The van der Waals surface area contributed by atoms with Crippen molar-refractivity contribution in [1.82, 2.24) is 14.8 Å². The number of rotatable bonds is 3. The smallest absolute Gasteiger partial charge is 0.192 e. The zero-order valence-corrected chi connectivity index (χ0v) is 14.9. The number of aromatic nitrogens is 3. The highest BCUT2D eigenvalue weighted by Crippen LogP contribution is 2.44. The average molecular weight is 371 g/mol. The first-order chi connectivity index (χ1) is 12.8. The monoisotopic (exact) mass is 371 g/mol. The number of nitrogens with two attached hydrogens (primary N) is 2. The summed E-state index contributed by atoms with van der Waals surface area (Å²) in [5, 5.41) is 8.52. The molecule has 3 aromatic rings. The number of anilines is 2. The van der Waals surface area contributed by atoms with Crippen molar-refractivity contribution < 1.29 is 13.5 Å². The van der Waals surface area contributed by atoms with Crippen molar-refractivity contribution >= 4 is 11.4 Å². The Hall–Kier alpha value is -3.16. The van der Waals surface area contributed by atoms with Crippen LogP contribution in [0.25, 0.3) is 11.4 Å². The van der Waals surface area contributed by atoms with E-state index in [0.29, 0.717) is 29.4 Å². The van der Waals surface area contributed by atoms with Crippen LogP contribution in [0.4, 0.5) is 20.2 Å². The number of fused-ring (bicyclic) bond motifs is 1. The maximum absolute atomic E-state index is 14.1. The van der Waals surface area contributed by atoms with Crippen molar-refractivity contribution in [2.75, 3.05) is 11.5 Å². The Morgan fingerprint density at radius 1 is 1.11 bits per heavy atom. The van der Waals surface area contributed by atoms with Gasteiger partial charge >= 0.3 is 0 Å². The van der Waals surface area contributed by atoms with Crippen LogP contribution in [-0.4, -0.2) is 14.8 Å². The van der Waals surface area contributed by atoms with E-state index in [1.165, 1.54) is 6.07 Å². The van der Waals surface area contributed by atoms with Gasteiger partial charge in [0.1, 0.15) is 0 Å². The fraction of sp³-hybridized carbons (Fsp3) is 0.263. The van der Waals surface area contributed by atoms with Gasteiger partial charge in [0.25, 0.3) is 0 Å². The van der Waals surface area contributed by atoms with Gasteiger partial charge in [-0.05, 0) is 44.2 Å². The largest absolute Gasteiger partial charge is 0.473 e. The Kier molecular flexibility index (Phi) is 3.80. The van der Waals surface area contributed by atoms with Crippen LogP contribution in [0.1, 0.15) is 32.1 Å². The summed E-state index contributed by atoms with van der Waals surface area (Å²) < 4.78 is 35.8. The van der Waals surface area contributed by atoms with E-state index in [9.17, 15) is 8.78 Å². The average Bonchev–Trinajstić information content (AvgIpc) is 3.15. The summed E-state index contributed by atoms with van der Waals surface area (Å²) in [7, 11) is 0.